The molecule has 0 radical (unpaired) electrons. The van der Waals surface area contributed by atoms with Gasteiger partial charge in [0.2, 0.25) is 17.7 Å². The highest BCUT2D eigenvalue weighted by atomic mass is 16.2. The maximum absolute atomic E-state index is 12.8. The lowest BCUT2D eigenvalue weighted by Crippen LogP contribution is -2.52. The van der Waals surface area contributed by atoms with Gasteiger partial charge in [-0.15, -0.1) is 0 Å². The molecule has 7 heteroatoms. The lowest BCUT2D eigenvalue weighted by molar-refractivity contribution is -0.137. The van der Waals surface area contributed by atoms with Gasteiger partial charge in [0.1, 0.15) is 6.04 Å². The van der Waals surface area contributed by atoms with Crippen LogP contribution in [-0.2, 0) is 20.9 Å². The van der Waals surface area contributed by atoms with Crippen molar-refractivity contribution in [1.29, 1.82) is 0 Å². The molecular formula is C20H23N3O4. The molecule has 2 aliphatic heterocycles. The van der Waals surface area contributed by atoms with Gasteiger partial charge in [0.05, 0.1) is 5.41 Å². The van der Waals surface area contributed by atoms with Crippen LogP contribution in [0.15, 0.2) is 18.2 Å². The van der Waals surface area contributed by atoms with E-state index in [1.807, 2.05) is 6.07 Å². The Morgan fingerprint density at radius 2 is 2.00 bits per heavy atom. The summed E-state index contributed by atoms with van der Waals surface area (Å²) in [6, 6.07) is 4.69. The number of fused-ring (bicyclic) bond motifs is 1. The molecule has 3 aliphatic rings. The van der Waals surface area contributed by atoms with E-state index in [0.717, 1.165) is 18.4 Å². The smallest absolute Gasteiger partial charge is 0.255 e. The second-order valence-electron chi connectivity index (χ2n) is 8.04. The Morgan fingerprint density at radius 3 is 2.63 bits per heavy atom. The molecule has 1 aromatic rings. The molecule has 0 bridgehead atoms. The SMILES string of the molecule is CC(C)C1(C(=O)Nc2ccc3c(c2)C(=O)N(C2CCC(=O)NC2=O)C3)CC1. The number of nitrogens with one attached hydrogen (secondary N) is 2. The lowest BCUT2D eigenvalue weighted by Gasteiger charge is -2.29. The molecule has 0 spiro atoms. The molecule has 1 saturated heterocycles. The zero-order valence-corrected chi connectivity index (χ0v) is 15.5. The Labute approximate surface area is 157 Å². The maximum atomic E-state index is 12.8. The van der Waals surface area contributed by atoms with Gasteiger partial charge in [0.25, 0.3) is 5.91 Å². The summed E-state index contributed by atoms with van der Waals surface area (Å²) in [5, 5.41) is 5.25. The molecule has 4 amide bonds. The van der Waals surface area contributed by atoms with Crippen molar-refractivity contribution in [1.82, 2.24) is 10.2 Å². The molecule has 1 atom stereocenters. The highest BCUT2D eigenvalue weighted by molar-refractivity contribution is 6.06. The molecule has 1 aliphatic carbocycles. The van der Waals surface area contributed by atoms with E-state index in [2.05, 4.69) is 24.5 Å². The molecule has 1 unspecified atom stereocenters. The fraction of sp³-hybridized carbons (Fsp3) is 0.500. The number of anilines is 1. The highest BCUT2D eigenvalue weighted by Gasteiger charge is 2.52. The van der Waals surface area contributed by atoms with Gasteiger partial charge >= 0.3 is 0 Å². The van der Waals surface area contributed by atoms with E-state index in [-0.39, 0.29) is 35.5 Å². The van der Waals surface area contributed by atoms with Crippen molar-refractivity contribution in [3.8, 4) is 0 Å². The number of benzene rings is 1. The minimum absolute atomic E-state index is 0.00456. The van der Waals surface area contributed by atoms with Crippen LogP contribution in [0.25, 0.3) is 0 Å². The molecule has 142 valence electrons. The zero-order valence-electron chi connectivity index (χ0n) is 15.5. The number of amides is 4. The molecule has 1 saturated carbocycles. The van der Waals surface area contributed by atoms with Crippen LogP contribution in [-0.4, -0.2) is 34.6 Å². The second kappa shape index (κ2) is 6.18. The molecule has 4 rings (SSSR count). The summed E-state index contributed by atoms with van der Waals surface area (Å²) in [6.45, 7) is 4.44. The summed E-state index contributed by atoms with van der Waals surface area (Å²) in [6.07, 6.45) is 2.35. The van der Waals surface area contributed by atoms with Gasteiger partial charge in [-0.3, -0.25) is 24.5 Å². The number of rotatable bonds is 4. The predicted molar refractivity (Wildman–Crippen MR) is 97.6 cm³/mol. The fourth-order valence-corrected chi connectivity index (χ4v) is 4.09. The summed E-state index contributed by atoms with van der Waals surface area (Å²) in [5.41, 5.74) is 1.64. The van der Waals surface area contributed by atoms with Gasteiger partial charge in [-0.05, 0) is 42.9 Å². The van der Waals surface area contributed by atoms with Crippen LogP contribution >= 0.6 is 0 Å². The monoisotopic (exact) mass is 369 g/mol. The number of carbonyl (C=O) groups is 4. The largest absolute Gasteiger partial charge is 0.326 e. The molecule has 2 fully saturated rings. The van der Waals surface area contributed by atoms with Crippen molar-refractivity contribution in [2.75, 3.05) is 5.32 Å². The summed E-state index contributed by atoms with van der Waals surface area (Å²) in [5.74, 6) is -0.680. The maximum Gasteiger partial charge on any atom is 0.255 e. The molecule has 0 aromatic heterocycles. The van der Waals surface area contributed by atoms with Gasteiger partial charge in [-0.1, -0.05) is 19.9 Å². The summed E-state index contributed by atoms with van der Waals surface area (Å²) in [7, 11) is 0. The first kappa shape index (κ1) is 17.7. The second-order valence-corrected chi connectivity index (χ2v) is 8.04. The third kappa shape index (κ3) is 2.91. The Kier molecular flexibility index (Phi) is 4.05. The van der Waals surface area contributed by atoms with Crippen molar-refractivity contribution in [3.63, 3.8) is 0 Å². The molecular weight excluding hydrogens is 346 g/mol. The van der Waals surface area contributed by atoms with Gasteiger partial charge in [0, 0.05) is 24.2 Å². The quantitative estimate of drug-likeness (QED) is 0.792. The minimum Gasteiger partial charge on any atom is -0.326 e. The van der Waals surface area contributed by atoms with E-state index in [0.29, 0.717) is 24.2 Å². The van der Waals surface area contributed by atoms with E-state index in [4.69, 9.17) is 0 Å². The van der Waals surface area contributed by atoms with Gasteiger partial charge in [-0.25, -0.2) is 0 Å². The zero-order chi connectivity index (χ0) is 19.3. The van der Waals surface area contributed by atoms with Crippen molar-refractivity contribution in [2.45, 2.75) is 52.1 Å². The van der Waals surface area contributed by atoms with E-state index in [1.54, 1.807) is 12.1 Å². The number of nitrogens with zero attached hydrogens (tertiary/aromatic N) is 1. The van der Waals surface area contributed by atoms with Crippen molar-refractivity contribution < 1.29 is 19.2 Å². The van der Waals surface area contributed by atoms with Crippen molar-refractivity contribution >= 4 is 29.3 Å². The normalized spacial score (nSPS) is 23.3. The standard InChI is InChI=1S/C20H23N3O4/c1-11(2)20(7-8-20)19(27)21-13-4-3-12-10-23(18(26)14(12)9-13)15-5-6-16(24)22-17(15)25/h3-4,9,11,15H,5-8,10H2,1-2H3,(H,21,27)(H,22,24,25). The fourth-order valence-electron chi connectivity index (χ4n) is 4.09. The van der Waals surface area contributed by atoms with Crippen LogP contribution in [0, 0.1) is 11.3 Å². The van der Waals surface area contributed by atoms with E-state index < -0.39 is 11.9 Å². The third-order valence-corrected chi connectivity index (χ3v) is 6.13. The van der Waals surface area contributed by atoms with Crippen LogP contribution in [0.2, 0.25) is 0 Å². The highest BCUT2D eigenvalue weighted by Crippen LogP contribution is 2.52. The topological polar surface area (TPSA) is 95.6 Å². The minimum atomic E-state index is -0.628. The Morgan fingerprint density at radius 1 is 1.26 bits per heavy atom. The predicted octanol–water partition coefficient (Wildman–Crippen LogP) is 1.82. The van der Waals surface area contributed by atoms with E-state index in [1.165, 1.54) is 4.90 Å². The first-order valence-corrected chi connectivity index (χ1v) is 9.41. The van der Waals surface area contributed by atoms with Crippen LogP contribution in [0.1, 0.15) is 55.5 Å². The first-order chi connectivity index (χ1) is 12.8. The van der Waals surface area contributed by atoms with Crippen LogP contribution in [0.3, 0.4) is 0 Å². The average molecular weight is 369 g/mol. The Balaban J connectivity index is 1.51. The lowest BCUT2D eigenvalue weighted by atomic mass is 9.91. The summed E-state index contributed by atoms with van der Waals surface area (Å²) >= 11 is 0. The van der Waals surface area contributed by atoms with Gasteiger partial charge < -0.3 is 10.2 Å². The molecule has 1 aromatic carbocycles. The van der Waals surface area contributed by atoms with E-state index >= 15 is 0 Å². The number of imide groups is 1. The van der Waals surface area contributed by atoms with Crippen molar-refractivity contribution in [3.05, 3.63) is 29.3 Å². The van der Waals surface area contributed by atoms with E-state index in [9.17, 15) is 19.2 Å². The summed E-state index contributed by atoms with van der Waals surface area (Å²) in [4.78, 5) is 50.4. The van der Waals surface area contributed by atoms with Crippen LogP contribution in [0.4, 0.5) is 5.69 Å². The number of carbonyl (C=O) groups excluding carboxylic acids is 4. The summed E-state index contributed by atoms with van der Waals surface area (Å²) < 4.78 is 0. The van der Waals surface area contributed by atoms with Gasteiger partial charge in [0.15, 0.2) is 0 Å². The average Bonchev–Trinajstić information content (AvgIpc) is 3.37. The number of hydrogen-bond acceptors (Lipinski definition) is 4. The van der Waals surface area contributed by atoms with Crippen molar-refractivity contribution in [2.24, 2.45) is 11.3 Å². The van der Waals surface area contributed by atoms with Crippen LogP contribution in [0.5, 0.6) is 0 Å². The number of hydrogen-bond donors (Lipinski definition) is 2. The molecule has 27 heavy (non-hydrogen) atoms. The Bertz CT molecular complexity index is 857. The van der Waals surface area contributed by atoms with Gasteiger partial charge in [-0.2, -0.15) is 0 Å². The molecule has 7 nitrogen and oxygen atoms in total. The molecule has 2 heterocycles. The Hall–Kier alpha value is -2.70. The van der Waals surface area contributed by atoms with Crippen LogP contribution < -0.4 is 10.6 Å². The first-order valence-electron chi connectivity index (χ1n) is 9.41. The number of piperidine rings is 1. The third-order valence-electron chi connectivity index (χ3n) is 6.13. The molecule has 2 N–H and O–H groups in total.